The second-order valence-electron chi connectivity index (χ2n) is 5.08. The van der Waals surface area contributed by atoms with E-state index in [1.54, 1.807) is 19.1 Å². The van der Waals surface area contributed by atoms with Crippen LogP contribution in [-0.4, -0.2) is 31.8 Å². The smallest absolute Gasteiger partial charge is 0.380 e. The van der Waals surface area contributed by atoms with E-state index < -0.39 is 21.8 Å². The number of aryl methyl sites for hydroxylation is 1. The van der Waals surface area contributed by atoms with E-state index in [-0.39, 0.29) is 21.5 Å². The maximum absolute atomic E-state index is 12.4. The summed E-state index contributed by atoms with van der Waals surface area (Å²) in [6, 6.07) is 6.56. The lowest BCUT2D eigenvalue weighted by Gasteiger charge is -2.06. The van der Waals surface area contributed by atoms with Gasteiger partial charge in [0.05, 0.1) is 17.7 Å². The molecule has 0 fully saturated rings. The Kier molecular flexibility index (Phi) is 6.27. The van der Waals surface area contributed by atoms with Crippen LogP contribution in [0.2, 0.25) is 0 Å². The van der Waals surface area contributed by atoms with Crippen LogP contribution in [0.15, 0.2) is 35.4 Å². The molecule has 1 aromatic heterocycles. The third-order valence-corrected chi connectivity index (χ3v) is 5.58. The predicted molar refractivity (Wildman–Crippen MR) is 94.3 cm³/mol. The van der Waals surface area contributed by atoms with Gasteiger partial charge in [0.2, 0.25) is 0 Å². The zero-order valence-corrected chi connectivity index (χ0v) is 15.4. The van der Waals surface area contributed by atoms with Crippen molar-refractivity contribution in [3.63, 3.8) is 0 Å². The fourth-order valence-electron chi connectivity index (χ4n) is 2.02. The number of hydrogen-bond acceptors (Lipinski definition) is 7. The van der Waals surface area contributed by atoms with Crippen molar-refractivity contribution in [3.05, 3.63) is 40.9 Å². The first kappa shape index (κ1) is 19.1. The number of rotatable bonds is 8. The number of esters is 1. The molecule has 0 bridgehead atoms. The van der Waals surface area contributed by atoms with E-state index in [1.807, 2.05) is 6.92 Å². The first-order chi connectivity index (χ1) is 11.9. The predicted octanol–water partition coefficient (Wildman–Crippen LogP) is 2.64. The van der Waals surface area contributed by atoms with Crippen LogP contribution in [0.1, 0.15) is 35.5 Å². The van der Waals surface area contributed by atoms with Gasteiger partial charge in [-0.1, -0.05) is 36.8 Å². The molecule has 7 nitrogen and oxygen atoms in total. The van der Waals surface area contributed by atoms with Gasteiger partial charge >= 0.3 is 5.97 Å². The highest BCUT2D eigenvalue weighted by molar-refractivity contribution is 7.93. The van der Waals surface area contributed by atoms with Crippen molar-refractivity contribution in [2.75, 3.05) is 11.3 Å². The van der Waals surface area contributed by atoms with Crippen molar-refractivity contribution in [3.8, 4) is 0 Å². The van der Waals surface area contributed by atoms with Gasteiger partial charge in [-0.2, -0.15) is 0 Å². The molecule has 0 aliphatic carbocycles. The molecular weight excluding hydrogens is 364 g/mol. The highest BCUT2D eigenvalue weighted by Crippen LogP contribution is 2.23. The number of ether oxygens (including phenoxy) is 1. The Labute approximate surface area is 150 Å². The molecule has 0 radical (unpaired) electrons. The summed E-state index contributed by atoms with van der Waals surface area (Å²) >= 11 is 0.776. The van der Waals surface area contributed by atoms with E-state index in [1.165, 1.54) is 12.1 Å². The molecule has 1 N–H and O–H groups in total. The van der Waals surface area contributed by atoms with Gasteiger partial charge < -0.3 is 4.74 Å². The maximum atomic E-state index is 12.4. The number of aromatic nitrogens is 1. The number of nitrogens with one attached hydrogen (secondary N) is 1. The number of thiazole rings is 1. The van der Waals surface area contributed by atoms with Crippen molar-refractivity contribution >= 4 is 38.2 Å². The number of benzene rings is 1. The third kappa shape index (κ3) is 4.86. The van der Waals surface area contributed by atoms with Crippen molar-refractivity contribution in [1.29, 1.82) is 0 Å². The van der Waals surface area contributed by atoms with Gasteiger partial charge in [0, 0.05) is 0 Å². The Morgan fingerprint density at radius 3 is 2.48 bits per heavy atom. The topological polar surface area (TPSA) is 102 Å². The highest BCUT2D eigenvalue weighted by Gasteiger charge is 2.22. The molecular formula is C16H18N2O5S2. The first-order valence-corrected chi connectivity index (χ1v) is 9.96. The largest absolute Gasteiger partial charge is 0.460 e. The van der Waals surface area contributed by atoms with Gasteiger partial charge in [-0.25, -0.2) is 18.2 Å². The SMILES string of the molecule is CCCc1ccc(S(=O)(=O)Nc2ncc(C(=O)C(=O)OCC)s2)cc1. The summed E-state index contributed by atoms with van der Waals surface area (Å²) in [4.78, 5) is 27.2. The summed E-state index contributed by atoms with van der Waals surface area (Å²) in [6.45, 7) is 3.71. The third-order valence-electron chi connectivity index (χ3n) is 3.18. The Morgan fingerprint density at radius 2 is 1.88 bits per heavy atom. The Morgan fingerprint density at radius 1 is 1.20 bits per heavy atom. The molecule has 2 rings (SSSR count). The second-order valence-corrected chi connectivity index (χ2v) is 7.79. The zero-order valence-electron chi connectivity index (χ0n) is 13.8. The molecule has 0 saturated carbocycles. The van der Waals surface area contributed by atoms with E-state index in [9.17, 15) is 18.0 Å². The lowest BCUT2D eigenvalue weighted by molar-refractivity contribution is -0.137. The average molecular weight is 382 g/mol. The van der Waals surface area contributed by atoms with Gasteiger partial charge in [0.1, 0.15) is 4.88 Å². The molecule has 134 valence electrons. The number of nitrogens with zero attached hydrogens (tertiary/aromatic N) is 1. The summed E-state index contributed by atoms with van der Waals surface area (Å²) in [5, 5.41) is 0.00489. The minimum absolute atomic E-state index is 0.00489. The Balaban J connectivity index is 2.13. The summed E-state index contributed by atoms with van der Waals surface area (Å²) in [5.41, 5.74) is 1.05. The summed E-state index contributed by atoms with van der Waals surface area (Å²) in [7, 11) is -3.82. The van der Waals surface area contributed by atoms with Crippen LogP contribution >= 0.6 is 11.3 Å². The molecule has 0 aliphatic heterocycles. The van der Waals surface area contributed by atoms with E-state index in [4.69, 9.17) is 0 Å². The molecule has 0 aliphatic rings. The molecule has 1 aromatic carbocycles. The Bertz CT molecular complexity index is 857. The van der Waals surface area contributed by atoms with Crippen LogP contribution in [0.4, 0.5) is 5.13 Å². The van der Waals surface area contributed by atoms with Crippen LogP contribution in [0.5, 0.6) is 0 Å². The quantitative estimate of drug-likeness (QED) is 0.428. The summed E-state index contributed by atoms with van der Waals surface area (Å²) in [6.07, 6.45) is 2.99. The molecule has 0 saturated heterocycles. The maximum Gasteiger partial charge on any atom is 0.380 e. The fourth-order valence-corrected chi connectivity index (χ4v) is 4.01. The molecule has 2 aromatic rings. The van der Waals surface area contributed by atoms with Gasteiger partial charge in [0.15, 0.2) is 5.13 Å². The standard InChI is InChI=1S/C16H18N2O5S2/c1-3-5-11-6-8-12(9-7-11)25(21,22)18-16-17-10-13(24-16)14(19)15(20)23-4-2/h6-10H,3-5H2,1-2H3,(H,17,18). The molecule has 25 heavy (non-hydrogen) atoms. The summed E-state index contributed by atoms with van der Waals surface area (Å²) in [5.74, 6) is -1.85. The van der Waals surface area contributed by atoms with Crippen LogP contribution in [0.25, 0.3) is 0 Å². The number of carbonyl (C=O) groups is 2. The van der Waals surface area contributed by atoms with Crippen molar-refractivity contribution in [1.82, 2.24) is 4.98 Å². The van der Waals surface area contributed by atoms with Crippen molar-refractivity contribution < 1.29 is 22.7 Å². The van der Waals surface area contributed by atoms with E-state index >= 15 is 0 Å². The zero-order chi connectivity index (χ0) is 18.4. The number of anilines is 1. The minimum atomic E-state index is -3.82. The average Bonchev–Trinajstić information content (AvgIpc) is 3.03. The molecule has 1 heterocycles. The van der Waals surface area contributed by atoms with Gasteiger partial charge in [-0.05, 0) is 31.0 Å². The lowest BCUT2D eigenvalue weighted by atomic mass is 10.1. The lowest BCUT2D eigenvalue weighted by Crippen LogP contribution is -2.16. The van der Waals surface area contributed by atoms with Gasteiger partial charge in [-0.3, -0.25) is 9.52 Å². The normalized spacial score (nSPS) is 11.1. The van der Waals surface area contributed by atoms with Crippen LogP contribution < -0.4 is 4.72 Å². The second kappa shape index (κ2) is 8.21. The highest BCUT2D eigenvalue weighted by atomic mass is 32.2. The van der Waals surface area contributed by atoms with E-state index in [0.29, 0.717) is 0 Å². The fraction of sp³-hybridized carbons (Fsp3) is 0.312. The number of hydrogen-bond donors (Lipinski definition) is 1. The summed E-state index contributed by atoms with van der Waals surface area (Å²) < 4.78 is 31.7. The van der Waals surface area contributed by atoms with Gasteiger partial charge in [-0.15, -0.1) is 0 Å². The van der Waals surface area contributed by atoms with E-state index in [2.05, 4.69) is 14.4 Å². The number of sulfonamides is 1. The van der Waals surface area contributed by atoms with Crippen LogP contribution in [-0.2, 0) is 26.0 Å². The monoisotopic (exact) mass is 382 g/mol. The first-order valence-electron chi connectivity index (χ1n) is 7.66. The van der Waals surface area contributed by atoms with Crippen LogP contribution in [0, 0.1) is 0 Å². The number of Topliss-reactive ketones (excluding diaryl/α,β-unsaturated/α-hetero) is 1. The van der Waals surface area contributed by atoms with Crippen molar-refractivity contribution in [2.45, 2.75) is 31.6 Å². The molecule has 0 amide bonds. The molecule has 0 unspecified atom stereocenters. The molecule has 9 heteroatoms. The van der Waals surface area contributed by atoms with Gasteiger partial charge in [0.25, 0.3) is 15.8 Å². The minimum Gasteiger partial charge on any atom is -0.460 e. The Hall–Kier alpha value is -2.26. The number of carbonyl (C=O) groups excluding carboxylic acids is 2. The van der Waals surface area contributed by atoms with Crippen LogP contribution in [0.3, 0.4) is 0 Å². The molecule has 0 spiro atoms. The van der Waals surface area contributed by atoms with Crippen molar-refractivity contribution in [2.24, 2.45) is 0 Å². The van der Waals surface area contributed by atoms with E-state index in [0.717, 1.165) is 35.9 Å². The molecule has 0 atom stereocenters. The number of ketones is 1.